The van der Waals surface area contributed by atoms with Gasteiger partial charge in [-0.25, -0.2) is 0 Å². The summed E-state index contributed by atoms with van der Waals surface area (Å²) < 4.78 is 0. The molecule has 0 heterocycles. The van der Waals surface area contributed by atoms with Gasteiger partial charge in [0.2, 0.25) is 0 Å². The number of hydrogen-bond donors (Lipinski definition) is 2. The van der Waals surface area contributed by atoms with E-state index in [2.05, 4.69) is 17.6 Å². The van der Waals surface area contributed by atoms with Crippen LogP contribution in [0.25, 0.3) is 0 Å². The Kier molecular flexibility index (Phi) is 7.71. The van der Waals surface area contributed by atoms with Crippen molar-refractivity contribution in [2.75, 3.05) is 18.9 Å². The van der Waals surface area contributed by atoms with Crippen LogP contribution in [0.4, 0.5) is 5.69 Å². The summed E-state index contributed by atoms with van der Waals surface area (Å²) in [6.07, 6.45) is 7.86. The standard InChI is InChI=1S/C16H26N2O/c1-3-4-5-6-7-8-13-18-15-11-9-14(10-12-15)16(19)17-2/h9-12,18H,3-8,13H2,1-2H3,(H,17,19). The van der Waals surface area contributed by atoms with Gasteiger partial charge in [-0.05, 0) is 30.7 Å². The molecule has 3 heteroatoms. The number of amides is 1. The van der Waals surface area contributed by atoms with Crippen molar-refractivity contribution in [1.29, 1.82) is 0 Å². The molecule has 19 heavy (non-hydrogen) atoms. The predicted octanol–water partition coefficient (Wildman–Crippen LogP) is 3.82. The fourth-order valence-electron chi connectivity index (χ4n) is 2.02. The van der Waals surface area contributed by atoms with Gasteiger partial charge in [-0.15, -0.1) is 0 Å². The Bertz CT molecular complexity index is 360. The molecule has 0 atom stereocenters. The first kappa shape index (κ1) is 15.5. The summed E-state index contributed by atoms with van der Waals surface area (Å²) in [5, 5.41) is 6.01. The van der Waals surface area contributed by atoms with Crippen molar-refractivity contribution < 1.29 is 4.79 Å². The SMILES string of the molecule is CCCCCCCCNc1ccc(C(=O)NC)cc1. The normalized spacial score (nSPS) is 10.2. The van der Waals surface area contributed by atoms with Gasteiger partial charge in [-0.2, -0.15) is 0 Å². The second-order valence-electron chi connectivity index (χ2n) is 4.85. The van der Waals surface area contributed by atoms with Crippen molar-refractivity contribution in [1.82, 2.24) is 5.32 Å². The number of unbranched alkanes of at least 4 members (excludes halogenated alkanes) is 5. The van der Waals surface area contributed by atoms with Crippen molar-refractivity contribution in [2.24, 2.45) is 0 Å². The highest BCUT2D eigenvalue weighted by Crippen LogP contribution is 2.10. The highest BCUT2D eigenvalue weighted by molar-refractivity contribution is 5.94. The van der Waals surface area contributed by atoms with E-state index >= 15 is 0 Å². The zero-order chi connectivity index (χ0) is 13.9. The quantitative estimate of drug-likeness (QED) is 0.664. The van der Waals surface area contributed by atoms with E-state index in [1.807, 2.05) is 24.3 Å². The molecule has 0 fully saturated rings. The number of anilines is 1. The average Bonchev–Trinajstić information content (AvgIpc) is 2.46. The summed E-state index contributed by atoms with van der Waals surface area (Å²) in [4.78, 5) is 11.4. The molecular formula is C16H26N2O. The molecular weight excluding hydrogens is 236 g/mol. The fourth-order valence-corrected chi connectivity index (χ4v) is 2.02. The summed E-state index contributed by atoms with van der Waals surface area (Å²) in [7, 11) is 1.65. The minimum absolute atomic E-state index is 0.0394. The van der Waals surface area contributed by atoms with Crippen LogP contribution in [0.3, 0.4) is 0 Å². The molecule has 1 aromatic rings. The first-order valence-electron chi connectivity index (χ1n) is 7.34. The number of benzene rings is 1. The Hall–Kier alpha value is -1.51. The van der Waals surface area contributed by atoms with Crippen LogP contribution in [0.15, 0.2) is 24.3 Å². The minimum atomic E-state index is -0.0394. The summed E-state index contributed by atoms with van der Waals surface area (Å²) in [6, 6.07) is 7.62. The molecule has 0 aliphatic heterocycles. The lowest BCUT2D eigenvalue weighted by molar-refractivity contribution is 0.0963. The maximum Gasteiger partial charge on any atom is 0.251 e. The monoisotopic (exact) mass is 262 g/mol. The molecule has 0 aliphatic rings. The van der Waals surface area contributed by atoms with Crippen molar-refractivity contribution >= 4 is 11.6 Å². The second kappa shape index (κ2) is 9.42. The molecule has 2 N–H and O–H groups in total. The molecule has 1 aromatic carbocycles. The van der Waals surface area contributed by atoms with Crippen molar-refractivity contribution in [3.8, 4) is 0 Å². The van der Waals surface area contributed by atoms with Gasteiger partial charge in [0.25, 0.3) is 5.91 Å². The van der Waals surface area contributed by atoms with Gasteiger partial charge in [0.15, 0.2) is 0 Å². The molecule has 1 amide bonds. The summed E-state index contributed by atoms with van der Waals surface area (Å²) in [6.45, 7) is 3.25. The molecule has 0 unspecified atom stereocenters. The zero-order valence-electron chi connectivity index (χ0n) is 12.2. The highest BCUT2D eigenvalue weighted by atomic mass is 16.1. The Morgan fingerprint density at radius 3 is 2.26 bits per heavy atom. The fraction of sp³-hybridized carbons (Fsp3) is 0.562. The van der Waals surface area contributed by atoms with Crippen LogP contribution < -0.4 is 10.6 Å². The Labute approximate surface area is 116 Å². The largest absolute Gasteiger partial charge is 0.385 e. The Morgan fingerprint density at radius 1 is 1.00 bits per heavy atom. The van der Waals surface area contributed by atoms with Gasteiger partial charge in [-0.3, -0.25) is 4.79 Å². The lowest BCUT2D eigenvalue weighted by Gasteiger charge is -2.07. The van der Waals surface area contributed by atoms with Crippen LogP contribution in [-0.4, -0.2) is 19.5 Å². The third kappa shape index (κ3) is 6.27. The van der Waals surface area contributed by atoms with Gasteiger partial charge < -0.3 is 10.6 Å². The van der Waals surface area contributed by atoms with Crippen molar-refractivity contribution in [2.45, 2.75) is 45.4 Å². The first-order valence-corrected chi connectivity index (χ1v) is 7.34. The van der Waals surface area contributed by atoms with E-state index in [-0.39, 0.29) is 5.91 Å². The first-order chi connectivity index (χ1) is 9.27. The molecule has 0 saturated carbocycles. The maximum absolute atomic E-state index is 11.4. The molecule has 3 nitrogen and oxygen atoms in total. The Morgan fingerprint density at radius 2 is 1.63 bits per heavy atom. The van der Waals surface area contributed by atoms with E-state index in [4.69, 9.17) is 0 Å². The third-order valence-electron chi connectivity index (χ3n) is 3.23. The number of carbonyl (C=O) groups is 1. The highest BCUT2D eigenvalue weighted by Gasteiger charge is 2.01. The van der Waals surface area contributed by atoms with Crippen LogP contribution in [0.2, 0.25) is 0 Å². The van der Waals surface area contributed by atoms with E-state index in [0.29, 0.717) is 5.56 Å². The van der Waals surface area contributed by atoms with E-state index in [0.717, 1.165) is 12.2 Å². The molecule has 106 valence electrons. The van der Waals surface area contributed by atoms with Crippen molar-refractivity contribution in [3.63, 3.8) is 0 Å². The van der Waals surface area contributed by atoms with E-state index in [1.165, 1.54) is 38.5 Å². The maximum atomic E-state index is 11.4. The lowest BCUT2D eigenvalue weighted by Crippen LogP contribution is -2.17. The smallest absolute Gasteiger partial charge is 0.251 e. The third-order valence-corrected chi connectivity index (χ3v) is 3.23. The summed E-state index contributed by atoms with van der Waals surface area (Å²) in [5.74, 6) is -0.0394. The average molecular weight is 262 g/mol. The molecule has 0 bridgehead atoms. The molecule has 0 radical (unpaired) electrons. The number of hydrogen-bond acceptors (Lipinski definition) is 2. The van der Waals surface area contributed by atoms with Crippen LogP contribution in [-0.2, 0) is 0 Å². The predicted molar refractivity (Wildman–Crippen MR) is 81.7 cm³/mol. The minimum Gasteiger partial charge on any atom is -0.385 e. The van der Waals surface area contributed by atoms with Crippen LogP contribution in [0.5, 0.6) is 0 Å². The van der Waals surface area contributed by atoms with Crippen LogP contribution in [0.1, 0.15) is 55.8 Å². The van der Waals surface area contributed by atoms with Gasteiger partial charge in [0, 0.05) is 24.8 Å². The lowest BCUT2D eigenvalue weighted by atomic mass is 10.1. The molecule has 0 aromatic heterocycles. The van der Waals surface area contributed by atoms with Gasteiger partial charge in [0.1, 0.15) is 0 Å². The molecule has 0 aliphatic carbocycles. The zero-order valence-corrected chi connectivity index (χ0v) is 12.2. The van der Waals surface area contributed by atoms with E-state index < -0.39 is 0 Å². The number of rotatable bonds is 9. The molecule has 0 spiro atoms. The second-order valence-corrected chi connectivity index (χ2v) is 4.85. The van der Waals surface area contributed by atoms with Crippen molar-refractivity contribution in [3.05, 3.63) is 29.8 Å². The molecule has 0 saturated heterocycles. The number of nitrogens with one attached hydrogen (secondary N) is 2. The van der Waals surface area contributed by atoms with Gasteiger partial charge in [-0.1, -0.05) is 39.0 Å². The Balaban J connectivity index is 2.18. The van der Waals surface area contributed by atoms with Crippen LogP contribution >= 0.6 is 0 Å². The van der Waals surface area contributed by atoms with E-state index in [1.54, 1.807) is 7.05 Å². The topological polar surface area (TPSA) is 41.1 Å². The molecule has 1 rings (SSSR count). The van der Waals surface area contributed by atoms with Gasteiger partial charge in [0.05, 0.1) is 0 Å². The summed E-state index contributed by atoms with van der Waals surface area (Å²) >= 11 is 0. The number of carbonyl (C=O) groups excluding carboxylic acids is 1. The summed E-state index contributed by atoms with van der Waals surface area (Å²) in [5.41, 5.74) is 1.79. The van der Waals surface area contributed by atoms with Gasteiger partial charge >= 0.3 is 0 Å². The van der Waals surface area contributed by atoms with Crippen LogP contribution in [0, 0.1) is 0 Å². The van der Waals surface area contributed by atoms with E-state index in [9.17, 15) is 4.79 Å².